The molecule has 0 aliphatic carbocycles. The van der Waals surface area contributed by atoms with Gasteiger partial charge in [-0.1, -0.05) is 12.1 Å². The number of nitrogens with one attached hydrogen (secondary N) is 1. The quantitative estimate of drug-likeness (QED) is 0.752. The van der Waals surface area contributed by atoms with Crippen molar-refractivity contribution in [3.05, 3.63) is 57.5 Å². The maximum atomic E-state index is 12.5. The van der Waals surface area contributed by atoms with E-state index in [1.807, 2.05) is 31.4 Å². The highest BCUT2D eigenvalue weighted by atomic mass is 32.1. The number of aryl methyl sites for hydroxylation is 2. The van der Waals surface area contributed by atoms with E-state index in [9.17, 15) is 4.79 Å². The fraction of sp³-hybridized carbons (Fsp3) is 0.200. The minimum Gasteiger partial charge on any atom is -0.293 e. The highest BCUT2D eigenvalue weighted by Crippen LogP contribution is 2.30. The number of nitrogens with zero attached hydrogens (tertiary/aromatic N) is 2. The van der Waals surface area contributed by atoms with Crippen LogP contribution in [0.2, 0.25) is 0 Å². The molecule has 0 fully saturated rings. The van der Waals surface area contributed by atoms with Crippen molar-refractivity contribution in [1.29, 1.82) is 0 Å². The molecule has 0 amide bonds. The Labute approximate surface area is 120 Å². The third kappa shape index (κ3) is 1.82. The molecule has 0 saturated heterocycles. The van der Waals surface area contributed by atoms with Gasteiger partial charge in [-0.15, -0.1) is 17.9 Å². The standard InChI is InChI=1S/C15H15N3OS/c1-4-6-11-9(2)16-14-13(12-7-5-8-20-12)10(3)17-18(14)15(11)19/h4-5,7-8,17H,1,6H2,2-3H3. The number of fused-ring (bicyclic) bond motifs is 1. The van der Waals surface area contributed by atoms with Gasteiger partial charge in [0.25, 0.3) is 5.56 Å². The molecule has 1 N–H and O–H groups in total. The van der Waals surface area contributed by atoms with Gasteiger partial charge in [0.15, 0.2) is 5.65 Å². The van der Waals surface area contributed by atoms with Gasteiger partial charge >= 0.3 is 0 Å². The molecule has 20 heavy (non-hydrogen) atoms. The van der Waals surface area contributed by atoms with Crippen LogP contribution < -0.4 is 5.56 Å². The number of rotatable bonds is 3. The maximum Gasteiger partial charge on any atom is 0.276 e. The fourth-order valence-electron chi connectivity index (χ4n) is 2.42. The molecule has 0 unspecified atom stereocenters. The summed E-state index contributed by atoms with van der Waals surface area (Å²) in [7, 11) is 0. The Morgan fingerprint density at radius 3 is 2.95 bits per heavy atom. The Morgan fingerprint density at radius 1 is 1.50 bits per heavy atom. The summed E-state index contributed by atoms with van der Waals surface area (Å²) in [5.74, 6) is 0. The summed E-state index contributed by atoms with van der Waals surface area (Å²) < 4.78 is 1.54. The minimum absolute atomic E-state index is 0.0432. The molecule has 102 valence electrons. The van der Waals surface area contributed by atoms with Crippen molar-refractivity contribution >= 4 is 17.0 Å². The van der Waals surface area contributed by atoms with Gasteiger partial charge in [-0.25, -0.2) is 9.50 Å². The molecule has 0 aromatic carbocycles. The average Bonchev–Trinajstić information content (AvgIpc) is 3.02. The highest BCUT2D eigenvalue weighted by molar-refractivity contribution is 7.13. The molecule has 3 heterocycles. The number of H-pyrrole nitrogens is 1. The summed E-state index contributed by atoms with van der Waals surface area (Å²) in [5, 5.41) is 5.15. The van der Waals surface area contributed by atoms with E-state index in [0.717, 1.165) is 21.8 Å². The van der Waals surface area contributed by atoms with E-state index in [0.29, 0.717) is 17.6 Å². The maximum absolute atomic E-state index is 12.5. The molecule has 0 aliphatic heterocycles. The summed E-state index contributed by atoms with van der Waals surface area (Å²) in [6.07, 6.45) is 2.26. The molecular formula is C15H15N3OS. The summed E-state index contributed by atoms with van der Waals surface area (Å²) >= 11 is 1.64. The van der Waals surface area contributed by atoms with Crippen molar-refractivity contribution in [1.82, 2.24) is 14.6 Å². The first-order valence-corrected chi connectivity index (χ1v) is 7.27. The monoisotopic (exact) mass is 285 g/mol. The third-order valence-corrected chi connectivity index (χ3v) is 4.26. The molecule has 3 aromatic heterocycles. The molecule has 0 atom stereocenters. The third-order valence-electron chi connectivity index (χ3n) is 3.38. The molecule has 3 aromatic rings. The molecule has 0 spiro atoms. The zero-order valence-corrected chi connectivity index (χ0v) is 12.3. The van der Waals surface area contributed by atoms with Crippen molar-refractivity contribution in [2.24, 2.45) is 0 Å². The average molecular weight is 285 g/mol. The Bertz CT molecular complexity index is 840. The van der Waals surface area contributed by atoms with Crippen LogP contribution >= 0.6 is 11.3 Å². The zero-order chi connectivity index (χ0) is 14.3. The van der Waals surface area contributed by atoms with E-state index in [1.165, 1.54) is 4.52 Å². The minimum atomic E-state index is -0.0432. The number of allylic oxidation sites excluding steroid dienone is 1. The van der Waals surface area contributed by atoms with E-state index in [4.69, 9.17) is 0 Å². The number of aromatic nitrogens is 3. The fourth-order valence-corrected chi connectivity index (χ4v) is 3.24. The lowest BCUT2D eigenvalue weighted by Gasteiger charge is -2.03. The lowest BCUT2D eigenvalue weighted by Crippen LogP contribution is -2.21. The van der Waals surface area contributed by atoms with Gasteiger partial charge < -0.3 is 0 Å². The molecule has 5 heteroatoms. The molecule has 0 radical (unpaired) electrons. The summed E-state index contributed by atoms with van der Waals surface area (Å²) in [4.78, 5) is 18.3. The van der Waals surface area contributed by atoms with Gasteiger partial charge in [0.1, 0.15) is 0 Å². The van der Waals surface area contributed by atoms with Crippen LogP contribution in [0.15, 0.2) is 35.0 Å². The van der Waals surface area contributed by atoms with Crippen LogP contribution in [0.1, 0.15) is 17.0 Å². The van der Waals surface area contributed by atoms with E-state index in [-0.39, 0.29) is 5.56 Å². The van der Waals surface area contributed by atoms with Gasteiger partial charge in [-0.05, 0) is 31.7 Å². The summed E-state index contributed by atoms with van der Waals surface area (Å²) in [6.45, 7) is 7.54. The normalized spacial score (nSPS) is 11.1. The molecule has 0 bridgehead atoms. The van der Waals surface area contributed by atoms with Gasteiger partial charge in [0.2, 0.25) is 0 Å². The second kappa shape index (κ2) is 4.76. The lowest BCUT2D eigenvalue weighted by molar-refractivity contribution is 0.850. The van der Waals surface area contributed by atoms with E-state index < -0.39 is 0 Å². The van der Waals surface area contributed by atoms with Crippen LogP contribution in [0.4, 0.5) is 0 Å². The van der Waals surface area contributed by atoms with Crippen LogP contribution in [0.3, 0.4) is 0 Å². The number of aromatic amines is 1. The Kier molecular flexibility index (Phi) is 3.06. The first-order valence-electron chi connectivity index (χ1n) is 6.39. The first-order chi connectivity index (χ1) is 9.63. The number of hydrogen-bond donors (Lipinski definition) is 1. The number of thiophene rings is 1. The van der Waals surface area contributed by atoms with E-state index in [2.05, 4.69) is 16.7 Å². The van der Waals surface area contributed by atoms with Crippen molar-refractivity contribution < 1.29 is 0 Å². The molecule has 0 saturated carbocycles. The Morgan fingerprint density at radius 2 is 2.30 bits per heavy atom. The van der Waals surface area contributed by atoms with Crippen LogP contribution in [-0.4, -0.2) is 14.6 Å². The highest BCUT2D eigenvalue weighted by Gasteiger charge is 2.17. The van der Waals surface area contributed by atoms with Crippen LogP contribution in [0.5, 0.6) is 0 Å². The van der Waals surface area contributed by atoms with E-state index >= 15 is 0 Å². The topological polar surface area (TPSA) is 50.2 Å². The van der Waals surface area contributed by atoms with Crippen LogP contribution in [-0.2, 0) is 6.42 Å². The van der Waals surface area contributed by atoms with E-state index in [1.54, 1.807) is 17.4 Å². The summed E-state index contributed by atoms with van der Waals surface area (Å²) in [5.41, 5.74) is 4.07. The predicted octanol–water partition coefficient (Wildman–Crippen LogP) is 3.10. The number of hydrogen-bond acceptors (Lipinski definition) is 3. The van der Waals surface area contributed by atoms with Gasteiger partial charge in [0, 0.05) is 21.8 Å². The van der Waals surface area contributed by atoms with Crippen molar-refractivity contribution in [2.45, 2.75) is 20.3 Å². The van der Waals surface area contributed by atoms with Crippen LogP contribution in [0.25, 0.3) is 16.1 Å². The predicted molar refractivity (Wildman–Crippen MR) is 82.5 cm³/mol. The largest absolute Gasteiger partial charge is 0.293 e. The second-order valence-corrected chi connectivity index (χ2v) is 5.67. The van der Waals surface area contributed by atoms with Crippen molar-refractivity contribution in [3.63, 3.8) is 0 Å². The van der Waals surface area contributed by atoms with Crippen molar-refractivity contribution in [2.75, 3.05) is 0 Å². The van der Waals surface area contributed by atoms with Crippen LogP contribution in [0, 0.1) is 13.8 Å². The molecule has 0 aliphatic rings. The van der Waals surface area contributed by atoms with Crippen molar-refractivity contribution in [3.8, 4) is 10.4 Å². The second-order valence-electron chi connectivity index (χ2n) is 4.72. The Hall–Kier alpha value is -2.14. The van der Waals surface area contributed by atoms with Gasteiger partial charge in [0.05, 0.1) is 5.56 Å². The van der Waals surface area contributed by atoms with Gasteiger partial charge in [-0.2, -0.15) is 0 Å². The molecular weight excluding hydrogens is 270 g/mol. The first kappa shape index (κ1) is 12.9. The Balaban J connectivity index is 2.38. The zero-order valence-electron chi connectivity index (χ0n) is 11.4. The summed E-state index contributed by atoms with van der Waals surface area (Å²) in [6, 6.07) is 4.04. The molecule has 3 rings (SSSR count). The molecule has 4 nitrogen and oxygen atoms in total. The SMILES string of the molecule is C=CCc1c(C)nc2c(-c3cccs3)c(C)[nH]n2c1=O. The lowest BCUT2D eigenvalue weighted by atomic mass is 10.1. The smallest absolute Gasteiger partial charge is 0.276 e. The van der Waals surface area contributed by atoms with Gasteiger partial charge in [-0.3, -0.25) is 9.89 Å².